The number of anilines is 3. The van der Waals surface area contributed by atoms with Gasteiger partial charge in [0.15, 0.2) is 6.61 Å². The molecule has 0 aromatic heterocycles. The van der Waals surface area contributed by atoms with Crippen LogP contribution >= 0.6 is 11.6 Å². The highest BCUT2D eigenvalue weighted by Gasteiger charge is 2.36. The fraction of sp³-hybridized carbons (Fsp3) is 0.273. The quantitative estimate of drug-likeness (QED) is 0.667. The number of carbonyl (C=O) groups excluding carboxylic acids is 4. The lowest BCUT2D eigenvalue weighted by atomic mass is 10.1. The summed E-state index contributed by atoms with van der Waals surface area (Å²) in [5.74, 6) is -2.17. The Balaban J connectivity index is 1.50. The Bertz CT molecular complexity index is 1020. The van der Waals surface area contributed by atoms with Crippen molar-refractivity contribution in [1.29, 1.82) is 0 Å². The third-order valence-electron chi connectivity index (χ3n) is 4.76. The first kappa shape index (κ1) is 22.3. The molecule has 9 heteroatoms. The number of hydrogen-bond donors (Lipinski definition) is 2. The number of esters is 1. The van der Waals surface area contributed by atoms with Gasteiger partial charge in [-0.15, -0.1) is 0 Å². The number of rotatable bonds is 6. The summed E-state index contributed by atoms with van der Waals surface area (Å²) in [5.41, 5.74) is 2.61. The molecule has 0 bridgehead atoms. The lowest BCUT2D eigenvalue weighted by Crippen LogP contribution is -2.28. The van der Waals surface area contributed by atoms with Crippen LogP contribution in [0.15, 0.2) is 42.5 Å². The van der Waals surface area contributed by atoms with Gasteiger partial charge in [0.05, 0.1) is 5.92 Å². The van der Waals surface area contributed by atoms with Crippen molar-refractivity contribution in [3.63, 3.8) is 0 Å². The molecule has 162 valence electrons. The number of carbonyl (C=O) groups is 4. The molecular weight excluding hydrogens is 422 g/mol. The maximum atomic E-state index is 12.3. The molecule has 1 saturated heterocycles. The second kappa shape index (κ2) is 9.61. The molecule has 8 nitrogen and oxygen atoms in total. The molecule has 31 heavy (non-hydrogen) atoms. The van der Waals surface area contributed by atoms with Crippen LogP contribution in [0.2, 0.25) is 5.02 Å². The van der Waals surface area contributed by atoms with Crippen molar-refractivity contribution < 1.29 is 23.9 Å². The Morgan fingerprint density at radius 2 is 1.74 bits per heavy atom. The van der Waals surface area contributed by atoms with Crippen molar-refractivity contribution >= 4 is 52.4 Å². The van der Waals surface area contributed by atoms with Crippen molar-refractivity contribution in [3.8, 4) is 0 Å². The van der Waals surface area contributed by atoms with Gasteiger partial charge in [-0.1, -0.05) is 17.7 Å². The molecule has 1 atom stereocenters. The number of benzene rings is 2. The fourth-order valence-electron chi connectivity index (χ4n) is 3.16. The number of amides is 3. The number of halogens is 1. The van der Waals surface area contributed by atoms with Gasteiger partial charge in [0.25, 0.3) is 5.91 Å². The zero-order chi connectivity index (χ0) is 22.5. The van der Waals surface area contributed by atoms with Crippen molar-refractivity contribution in [2.24, 2.45) is 5.92 Å². The van der Waals surface area contributed by atoms with E-state index in [0.717, 1.165) is 5.56 Å². The van der Waals surface area contributed by atoms with Gasteiger partial charge in [0, 0.05) is 42.0 Å². The molecule has 0 radical (unpaired) electrons. The van der Waals surface area contributed by atoms with Gasteiger partial charge in [-0.2, -0.15) is 0 Å². The number of ether oxygens (including phenoxy) is 1. The first-order chi connectivity index (χ1) is 14.7. The van der Waals surface area contributed by atoms with E-state index in [1.807, 2.05) is 13.0 Å². The topological polar surface area (TPSA) is 105 Å². The highest BCUT2D eigenvalue weighted by molar-refractivity contribution is 6.31. The predicted octanol–water partition coefficient (Wildman–Crippen LogP) is 3.14. The highest BCUT2D eigenvalue weighted by atomic mass is 35.5. The van der Waals surface area contributed by atoms with E-state index in [4.69, 9.17) is 16.3 Å². The minimum atomic E-state index is -0.655. The van der Waals surface area contributed by atoms with Crippen LogP contribution in [0.5, 0.6) is 0 Å². The van der Waals surface area contributed by atoms with Crippen LogP contribution in [0, 0.1) is 12.8 Å². The van der Waals surface area contributed by atoms with Crippen LogP contribution in [0.1, 0.15) is 18.9 Å². The monoisotopic (exact) mass is 443 g/mol. The molecule has 3 amide bonds. The maximum absolute atomic E-state index is 12.3. The summed E-state index contributed by atoms with van der Waals surface area (Å²) in [6.45, 7) is 2.97. The van der Waals surface area contributed by atoms with Gasteiger partial charge >= 0.3 is 5.97 Å². The molecule has 2 aromatic carbocycles. The van der Waals surface area contributed by atoms with E-state index < -0.39 is 24.4 Å². The average Bonchev–Trinajstić information content (AvgIpc) is 3.11. The SMILES string of the molecule is CC(=O)Nc1ccc(NC(=O)COC(=O)[C@@H]2CC(=O)N(c3ccc(C)c(Cl)c3)C2)cc1. The summed E-state index contributed by atoms with van der Waals surface area (Å²) < 4.78 is 5.10. The zero-order valence-corrected chi connectivity index (χ0v) is 17.9. The Morgan fingerprint density at radius 1 is 1.10 bits per heavy atom. The second-order valence-electron chi connectivity index (χ2n) is 7.25. The Morgan fingerprint density at radius 3 is 2.35 bits per heavy atom. The molecule has 1 aliphatic heterocycles. The third-order valence-corrected chi connectivity index (χ3v) is 5.17. The lowest BCUT2D eigenvalue weighted by Gasteiger charge is -2.17. The summed E-state index contributed by atoms with van der Waals surface area (Å²) >= 11 is 6.13. The number of aryl methyl sites for hydroxylation is 1. The van der Waals surface area contributed by atoms with E-state index in [-0.39, 0.29) is 24.8 Å². The fourth-order valence-corrected chi connectivity index (χ4v) is 3.33. The largest absolute Gasteiger partial charge is 0.455 e. The number of nitrogens with one attached hydrogen (secondary N) is 2. The minimum Gasteiger partial charge on any atom is -0.455 e. The normalized spacial score (nSPS) is 15.5. The molecule has 0 saturated carbocycles. The molecule has 2 aromatic rings. The average molecular weight is 444 g/mol. The van der Waals surface area contributed by atoms with E-state index >= 15 is 0 Å². The van der Waals surface area contributed by atoms with Gasteiger partial charge in [0.1, 0.15) is 0 Å². The summed E-state index contributed by atoms with van der Waals surface area (Å²) in [7, 11) is 0. The van der Waals surface area contributed by atoms with Crippen LogP contribution in [-0.2, 0) is 23.9 Å². The van der Waals surface area contributed by atoms with Gasteiger partial charge in [-0.3, -0.25) is 19.2 Å². The molecular formula is C22H22ClN3O5. The maximum Gasteiger partial charge on any atom is 0.311 e. The number of nitrogens with zero attached hydrogens (tertiary/aromatic N) is 1. The summed E-state index contributed by atoms with van der Waals surface area (Å²) in [5, 5.41) is 5.76. The first-order valence-corrected chi connectivity index (χ1v) is 10.0. The highest BCUT2D eigenvalue weighted by Crippen LogP contribution is 2.29. The molecule has 3 rings (SSSR count). The molecule has 1 heterocycles. The van der Waals surface area contributed by atoms with Crippen LogP contribution in [0.25, 0.3) is 0 Å². The standard InChI is InChI=1S/C22H22ClN3O5/c1-13-3-8-18(10-19(13)23)26-11-15(9-21(26)29)22(30)31-12-20(28)25-17-6-4-16(5-7-17)24-14(2)27/h3-8,10,15H,9,11-12H2,1-2H3,(H,24,27)(H,25,28)/t15-/m1/s1. The Kier molecular flexibility index (Phi) is 6.91. The van der Waals surface area contributed by atoms with Gasteiger partial charge in [-0.25, -0.2) is 0 Å². The van der Waals surface area contributed by atoms with Crippen molar-refractivity contribution in [2.45, 2.75) is 20.3 Å². The van der Waals surface area contributed by atoms with E-state index in [0.29, 0.717) is 22.1 Å². The molecule has 1 fully saturated rings. The van der Waals surface area contributed by atoms with E-state index in [2.05, 4.69) is 10.6 Å². The van der Waals surface area contributed by atoms with Crippen LogP contribution in [0.3, 0.4) is 0 Å². The van der Waals surface area contributed by atoms with Crippen molar-refractivity contribution in [1.82, 2.24) is 0 Å². The Hall–Kier alpha value is -3.39. The second-order valence-corrected chi connectivity index (χ2v) is 7.66. The van der Waals surface area contributed by atoms with Crippen LogP contribution < -0.4 is 15.5 Å². The van der Waals surface area contributed by atoms with Crippen LogP contribution in [0.4, 0.5) is 17.1 Å². The van der Waals surface area contributed by atoms with E-state index in [9.17, 15) is 19.2 Å². The van der Waals surface area contributed by atoms with Gasteiger partial charge < -0.3 is 20.3 Å². The van der Waals surface area contributed by atoms with E-state index in [1.54, 1.807) is 36.4 Å². The van der Waals surface area contributed by atoms with Crippen molar-refractivity contribution in [3.05, 3.63) is 53.1 Å². The Labute approximate surface area is 184 Å². The number of hydrogen-bond acceptors (Lipinski definition) is 5. The summed E-state index contributed by atoms with van der Waals surface area (Å²) in [4.78, 5) is 49.3. The molecule has 2 N–H and O–H groups in total. The van der Waals surface area contributed by atoms with E-state index in [1.165, 1.54) is 11.8 Å². The molecule has 1 aliphatic rings. The lowest BCUT2D eigenvalue weighted by molar-refractivity contribution is -0.151. The van der Waals surface area contributed by atoms with Gasteiger partial charge in [-0.05, 0) is 48.9 Å². The molecule has 0 aliphatic carbocycles. The van der Waals surface area contributed by atoms with Crippen LogP contribution in [-0.4, -0.2) is 36.8 Å². The minimum absolute atomic E-state index is 0.0105. The van der Waals surface area contributed by atoms with Gasteiger partial charge in [0.2, 0.25) is 11.8 Å². The summed E-state index contributed by atoms with van der Waals surface area (Å²) in [6, 6.07) is 11.8. The third kappa shape index (κ3) is 5.82. The molecule has 0 spiro atoms. The van der Waals surface area contributed by atoms with Crippen molar-refractivity contribution in [2.75, 3.05) is 28.7 Å². The molecule has 0 unspecified atom stereocenters. The summed E-state index contributed by atoms with van der Waals surface area (Å²) in [6.07, 6.45) is 0.0105. The zero-order valence-electron chi connectivity index (χ0n) is 17.1. The first-order valence-electron chi connectivity index (χ1n) is 9.63. The predicted molar refractivity (Wildman–Crippen MR) is 117 cm³/mol. The smallest absolute Gasteiger partial charge is 0.311 e.